The van der Waals surface area contributed by atoms with Crippen LogP contribution in [-0.2, 0) is 4.79 Å². The van der Waals surface area contributed by atoms with Gasteiger partial charge in [-0.3, -0.25) is 9.59 Å². The van der Waals surface area contributed by atoms with E-state index in [0.717, 1.165) is 10.2 Å². The van der Waals surface area contributed by atoms with Crippen LogP contribution in [0, 0.1) is 5.41 Å². The molecular weight excluding hydrogens is 276 g/mol. The van der Waals surface area contributed by atoms with E-state index < -0.39 is 11.4 Å². The van der Waals surface area contributed by atoms with Gasteiger partial charge in [-0.05, 0) is 31.5 Å². The Morgan fingerprint density at radius 3 is 2.95 bits per heavy atom. The second kappa shape index (κ2) is 4.56. The van der Waals surface area contributed by atoms with Crippen LogP contribution in [0.15, 0.2) is 23.7 Å². The Morgan fingerprint density at radius 2 is 2.25 bits per heavy atom. The van der Waals surface area contributed by atoms with E-state index in [2.05, 4.69) is 4.98 Å². The molecule has 104 valence electrons. The minimum atomic E-state index is -0.845. The number of rotatable bonds is 2. The zero-order chi connectivity index (χ0) is 14.3. The highest BCUT2D eigenvalue weighted by atomic mass is 32.1. The predicted octanol–water partition coefficient (Wildman–Crippen LogP) is 2.23. The molecule has 1 aliphatic rings. The van der Waals surface area contributed by atoms with E-state index in [-0.39, 0.29) is 12.5 Å². The Balaban J connectivity index is 1.84. The van der Waals surface area contributed by atoms with E-state index in [1.807, 2.05) is 6.07 Å². The van der Waals surface area contributed by atoms with Crippen molar-refractivity contribution in [3.05, 3.63) is 29.3 Å². The molecule has 20 heavy (non-hydrogen) atoms. The number of amides is 1. The van der Waals surface area contributed by atoms with Gasteiger partial charge in [0.05, 0.1) is 21.1 Å². The first-order valence-electron chi connectivity index (χ1n) is 6.35. The number of hydrogen-bond acceptors (Lipinski definition) is 4. The van der Waals surface area contributed by atoms with E-state index in [4.69, 9.17) is 0 Å². The number of carbonyl (C=O) groups is 2. The summed E-state index contributed by atoms with van der Waals surface area (Å²) >= 11 is 1.53. The number of carboxylic acids is 1. The van der Waals surface area contributed by atoms with Crippen LogP contribution in [0.25, 0.3) is 10.2 Å². The smallest absolute Gasteiger partial charge is 0.311 e. The maximum atomic E-state index is 12.4. The van der Waals surface area contributed by atoms with E-state index >= 15 is 0 Å². The molecule has 6 heteroatoms. The highest BCUT2D eigenvalue weighted by molar-refractivity contribution is 7.16. The largest absolute Gasteiger partial charge is 0.481 e. The Labute approximate surface area is 119 Å². The molecule has 1 N–H and O–H groups in total. The molecule has 1 saturated heterocycles. The molecule has 3 rings (SSSR count). The third-order valence-electron chi connectivity index (χ3n) is 3.85. The summed E-state index contributed by atoms with van der Waals surface area (Å²) in [6.07, 6.45) is 0.493. The molecule has 1 aliphatic heterocycles. The lowest BCUT2D eigenvalue weighted by molar-refractivity contribution is -0.147. The number of benzene rings is 1. The highest BCUT2D eigenvalue weighted by Crippen LogP contribution is 2.31. The second-order valence-electron chi connectivity index (χ2n) is 5.38. The quantitative estimate of drug-likeness (QED) is 0.920. The van der Waals surface area contributed by atoms with Crippen molar-refractivity contribution < 1.29 is 14.7 Å². The summed E-state index contributed by atoms with van der Waals surface area (Å²) in [6.45, 7) is 2.43. The Kier molecular flexibility index (Phi) is 2.97. The number of fused-ring (bicyclic) bond motifs is 1. The monoisotopic (exact) mass is 290 g/mol. The first kappa shape index (κ1) is 13.1. The van der Waals surface area contributed by atoms with Crippen LogP contribution in [0.3, 0.4) is 0 Å². The molecule has 0 spiro atoms. The van der Waals surface area contributed by atoms with Crippen LogP contribution >= 0.6 is 11.3 Å². The van der Waals surface area contributed by atoms with Gasteiger partial charge in [-0.15, -0.1) is 11.3 Å². The van der Waals surface area contributed by atoms with Crippen molar-refractivity contribution in [1.82, 2.24) is 9.88 Å². The fourth-order valence-corrected chi connectivity index (χ4v) is 3.14. The van der Waals surface area contributed by atoms with Crippen LogP contribution in [0.1, 0.15) is 23.7 Å². The van der Waals surface area contributed by atoms with Crippen LogP contribution in [0.5, 0.6) is 0 Å². The van der Waals surface area contributed by atoms with Crippen molar-refractivity contribution in [1.29, 1.82) is 0 Å². The topological polar surface area (TPSA) is 70.5 Å². The zero-order valence-corrected chi connectivity index (χ0v) is 11.8. The summed E-state index contributed by atoms with van der Waals surface area (Å²) in [7, 11) is 0. The Hall–Kier alpha value is -1.95. The standard InChI is InChI=1S/C14H14N2O3S/c1-14(13(18)19)4-5-16(7-14)12(17)9-2-3-11-10(6-9)15-8-20-11/h2-3,6,8H,4-5,7H2,1H3,(H,18,19). The van der Waals surface area contributed by atoms with E-state index in [1.165, 1.54) is 11.3 Å². The van der Waals surface area contributed by atoms with E-state index in [0.29, 0.717) is 18.5 Å². The maximum absolute atomic E-state index is 12.4. The Morgan fingerprint density at radius 1 is 1.45 bits per heavy atom. The fourth-order valence-electron chi connectivity index (χ4n) is 2.48. The first-order valence-corrected chi connectivity index (χ1v) is 7.23. The van der Waals surface area contributed by atoms with Gasteiger partial charge in [0.2, 0.25) is 0 Å². The lowest BCUT2D eigenvalue weighted by Crippen LogP contribution is -2.34. The van der Waals surface area contributed by atoms with Crippen molar-refractivity contribution in [2.75, 3.05) is 13.1 Å². The Bertz CT molecular complexity index is 697. The molecule has 1 fully saturated rings. The van der Waals surface area contributed by atoms with E-state index in [9.17, 15) is 14.7 Å². The van der Waals surface area contributed by atoms with Gasteiger partial charge in [0.15, 0.2) is 0 Å². The summed E-state index contributed by atoms with van der Waals surface area (Å²) in [5, 5.41) is 9.21. The summed E-state index contributed by atoms with van der Waals surface area (Å²) in [5.41, 5.74) is 2.29. The molecule has 0 radical (unpaired) electrons. The molecule has 1 aromatic carbocycles. The number of aliphatic carboxylic acids is 1. The highest BCUT2D eigenvalue weighted by Gasteiger charge is 2.42. The number of carbonyl (C=O) groups excluding carboxylic acids is 1. The molecule has 1 aromatic heterocycles. The molecule has 1 amide bonds. The van der Waals surface area contributed by atoms with Crippen LogP contribution < -0.4 is 0 Å². The number of likely N-dealkylation sites (tertiary alicyclic amines) is 1. The van der Waals surface area contributed by atoms with Crippen molar-refractivity contribution in [3.63, 3.8) is 0 Å². The lowest BCUT2D eigenvalue weighted by atomic mass is 9.90. The molecule has 5 nitrogen and oxygen atoms in total. The van der Waals surface area contributed by atoms with Gasteiger partial charge in [0.25, 0.3) is 5.91 Å². The average Bonchev–Trinajstić information content (AvgIpc) is 3.04. The average molecular weight is 290 g/mol. The third-order valence-corrected chi connectivity index (χ3v) is 4.66. The number of nitrogens with zero attached hydrogens (tertiary/aromatic N) is 2. The normalized spacial score (nSPS) is 22.4. The minimum absolute atomic E-state index is 0.120. The van der Waals surface area contributed by atoms with Gasteiger partial charge < -0.3 is 10.0 Å². The maximum Gasteiger partial charge on any atom is 0.311 e. The van der Waals surface area contributed by atoms with E-state index in [1.54, 1.807) is 29.5 Å². The molecule has 1 unspecified atom stereocenters. The summed E-state index contributed by atoms with van der Waals surface area (Å²) in [5.74, 6) is -0.965. The number of hydrogen-bond donors (Lipinski definition) is 1. The molecule has 1 atom stereocenters. The van der Waals surface area contributed by atoms with Gasteiger partial charge in [-0.25, -0.2) is 4.98 Å². The van der Waals surface area contributed by atoms with Gasteiger partial charge in [-0.2, -0.15) is 0 Å². The van der Waals surface area contributed by atoms with Crippen LogP contribution in [0.4, 0.5) is 0 Å². The van der Waals surface area contributed by atoms with Gasteiger partial charge in [-0.1, -0.05) is 0 Å². The zero-order valence-electron chi connectivity index (χ0n) is 11.0. The number of carboxylic acid groups (broad SMARTS) is 1. The number of thiazole rings is 1. The van der Waals surface area contributed by atoms with Crippen molar-refractivity contribution >= 4 is 33.4 Å². The van der Waals surface area contributed by atoms with Gasteiger partial charge >= 0.3 is 5.97 Å². The third kappa shape index (κ3) is 2.06. The fraction of sp³-hybridized carbons (Fsp3) is 0.357. The minimum Gasteiger partial charge on any atom is -0.481 e. The van der Waals surface area contributed by atoms with Gasteiger partial charge in [0.1, 0.15) is 0 Å². The lowest BCUT2D eigenvalue weighted by Gasteiger charge is -2.20. The summed E-state index contributed by atoms with van der Waals surface area (Å²) in [4.78, 5) is 29.5. The van der Waals surface area contributed by atoms with Crippen molar-refractivity contribution in [3.8, 4) is 0 Å². The predicted molar refractivity (Wildman–Crippen MR) is 75.9 cm³/mol. The SMILES string of the molecule is CC1(C(=O)O)CCN(C(=O)c2ccc3scnc3c2)C1. The molecular formula is C14H14N2O3S. The number of aromatic nitrogens is 1. The van der Waals surface area contributed by atoms with Gasteiger partial charge in [0, 0.05) is 18.7 Å². The van der Waals surface area contributed by atoms with Crippen molar-refractivity contribution in [2.24, 2.45) is 5.41 Å². The van der Waals surface area contributed by atoms with Crippen molar-refractivity contribution in [2.45, 2.75) is 13.3 Å². The molecule has 2 heterocycles. The summed E-state index contributed by atoms with van der Waals surface area (Å²) < 4.78 is 1.04. The molecule has 0 saturated carbocycles. The molecule has 0 bridgehead atoms. The molecule has 2 aromatic rings. The van der Waals surface area contributed by atoms with Crippen LogP contribution in [-0.4, -0.2) is 40.0 Å². The first-order chi connectivity index (χ1) is 9.49. The second-order valence-corrected chi connectivity index (χ2v) is 6.26. The van der Waals surface area contributed by atoms with Crippen LogP contribution in [0.2, 0.25) is 0 Å². The summed E-state index contributed by atoms with van der Waals surface area (Å²) in [6, 6.07) is 5.43. The molecule has 0 aliphatic carbocycles.